The fourth-order valence-electron chi connectivity index (χ4n) is 1.12. The zero-order valence-corrected chi connectivity index (χ0v) is 7.57. The van der Waals surface area contributed by atoms with Crippen LogP contribution >= 0.6 is 0 Å². The van der Waals surface area contributed by atoms with Crippen molar-refractivity contribution in [2.24, 2.45) is 5.73 Å². The quantitative estimate of drug-likeness (QED) is 0.710. The maximum Gasteiger partial charge on any atom is 0.303 e. The molecule has 1 atom stereocenters. The summed E-state index contributed by atoms with van der Waals surface area (Å²) < 4.78 is 5.02. The number of rotatable bonds is 3. The molecule has 1 aromatic rings. The van der Waals surface area contributed by atoms with Gasteiger partial charge >= 0.3 is 5.97 Å². The molecule has 0 spiro atoms. The van der Waals surface area contributed by atoms with E-state index < -0.39 is 0 Å². The van der Waals surface area contributed by atoms with E-state index in [2.05, 4.69) is 0 Å². The van der Waals surface area contributed by atoms with E-state index in [0.29, 0.717) is 6.54 Å². The highest BCUT2D eigenvalue weighted by atomic mass is 16.5. The summed E-state index contributed by atoms with van der Waals surface area (Å²) in [6.07, 6.45) is -0.321. The largest absolute Gasteiger partial charge is 0.456 e. The molecule has 0 heterocycles. The Kier molecular flexibility index (Phi) is 3.46. The molecule has 0 aliphatic heterocycles. The number of benzene rings is 1. The van der Waals surface area contributed by atoms with Crippen molar-refractivity contribution in [3.05, 3.63) is 35.9 Å². The smallest absolute Gasteiger partial charge is 0.303 e. The Bertz CT molecular complexity index is 272. The second-order valence-electron chi connectivity index (χ2n) is 2.74. The number of carbonyl (C=O) groups is 1. The Labute approximate surface area is 77.5 Å². The minimum absolute atomic E-state index is 0.306. The fraction of sp³-hybridized carbons (Fsp3) is 0.300. The molecule has 2 N–H and O–H groups in total. The van der Waals surface area contributed by atoms with Crippen molar-refractivity contribution in [2.75, 3.05) is 6.54 Å². The molecule has 1 rings (SSSR count). The van der Waals surface area contributed by atoms with Crippen LogP contribution in [0.25, 0.3) is 0 Å². The van der Waals surface area contributed by atoms with E-state index in [0.717, 1.165) is 5.56 Å². The van der Waals surface area contributed by atoms with Gasteiger partial charge in [0.15, 0.2) is 0 Å². The van der Waals surface area contributed by atoms with E-state index in [9.17, 15) is 4.79 Å². The van der Waals surface area contributed by atoms with Crippen molar-refractivity contribution >= 4 is 5.97 Å². The molecular formula is C10H13NO2. The van der Waals surface area contributed by atoms with Crippen LogP contribution in [-0.2, 0) is 9.53 Å². The van der Waals surface area contributed by atoms with E-state index in [4.69, 9.17) is 10.5 Å². The fourth-order valence-corrected chi connectivity index (χ4v) is 1.12. The number of carbonyl (C=O) groups excluding carboxylic acids is 1. The van der Waals surface area contributed by atoms with Crippen LogP contribution in [0, 0.1) is 0 Å². The number of ether oxygens (including phenoxy) is 1. The molecule has 0 unspecified atom stereocenters. The third-order valence-corrected chi connectivity index (χ3v) is 1.69. The SMILES string of the molecule is CC(=O)O[C@@H](CN)c1ccccc1. The average molecular weight is 179 g/mol. The van der Waals surface area contributed by atoms with Crippen molar-refractivity contribution in [1.29, 1.82) is 0 Å². The molecule has 0 saturated carbocycles. The standard InChI is InChI=1S/C10H13NO2/c1-8(12)13-10(7-11)9-5-3-2-4-6-9/h2-6,10H,7,11H2,1H3/t10-/m0/s1. The van der Waals surface area contributed by atoms with E-state index in [1.54, 1.807) is 0 Å². The maximum atomic E-state index is 10.7. The topological polar surface area (TPSA) is 52.3 Å². The van der Waals surface area contributed by atoms with Gasteiger partial charge in [-0.2, -0.15) is 0 Å². The Hall–Kier alpha value is -1.35. The predicted octanol–water partition coefficient (Wildman–Crippen LogP) is 1.25. The maximum absolute atomic E-state index is 10.7. The van der Waals surface area contributed by atoms with Crippen molar-refractivity contribution in [2.45, 2.75) is 13.0 Å². The van der Waals surface area contributed by atoms with Gasteiger partial charge < -0.3 is 10.5 Å². The van der Waals surface area contributed by atoms with Crippen molar-refractivity contribution < 1.29 is 9.53 Å². The van der Waals surface area contributed by atoms with Gasteiger partial charge in [0.1, 0.15) is 6.10 Å². The molecule has 0 aliphatic rings. The molecule has 3 heteroatoms. The highest BCUT2D eigenvalue weighted by Gasteiger charge is 2.11. The lowest BCUT2D eigenvalue weighted by Gasteiger charge is -2.14. The Morgan fingerprint density at radius 3 is 2.54 bits per heavy atom. The minimum atomic E-state index is -0.321. The molecular weight excluding hydrogens is 166 g/mol. The Morgan fingerprint density at radius 1 is 1.46 bits per heavy atom. The van der Waals surface area contributed by atoms with Gasteiger partial charge in [0, 0.05) is 13.5 Å². The Balaban J connectivity index is 2.73. The van der Waals surface area contributed by atoms with Gasteiger partial charge in [-0.25, -0.2) is 0 Å². The van der Waals surface area contributed by atoms with Crippen molar-refractivity contribution in [3.8, 4) is 0 Å². The zero-order valence-electron chi connectivity index (χ0n) is 7.57. The van der Waals surface area contributed by atoms with Crippen LogP contribution in [0.4, 0.5) is 0 Å². The molecule has 0 bridgehead atoms. The molecule has 70 valence electrons. The average Bonchev–Trinajstić information content (AvgIpc) is 2.15. The van der Waals surface area contributed by atoms with Crippen LogP contribution in [-0.4, -0.2) is 12.5 Å². The van der Waals surface area contributed by atoms with E-state index in [1.165, 1.54) is 6.92 Å². The molecule has 1 aromatic carbocycles. The number of hydrogen-bond donors (Lipinski definition) is 1. The first kappa shape index (κ1) is 9.74. The second kappa shape index (κ2) is 4.62. The summed E-state index contributed by atoms with van der Waals surface area (Å²) in [5, 5.41) is 0. The zero-order chi connectivity index (χ0) is 9.68. The van der Waals surface area contributed by atoms with Gasteiger partial charge in [-0.1, -0.05) is 30.3 Å². The van der Waals surface area contributed by atoms with Gasteiger partial charge in [-0.3, -0.25) is 4.79 Å². The van der Waals surface area contributed by atoms with Crippen LogP contribution < -0.4 is 5.73 Å². The summed E-state index contributed by atoms with van der Waals surface area (Å²) >= 11 is 0. The molecule has 0 saturated heterocycles. The molecule has 0 amide bonds. The van der Waals surface area contributed by atoms with Gasteiger partial charge in [0.05, 0.1) is 0 Å². The molecule has 13 heavy (non-hydrogen) atoms. The lowest BCUT2D eigenvalue weighted by molar-refractivity contribution is -0.146. The summed E-state index contributed by atoms with van der Waals surface area (Å²) in [6.45, 7) is 1.69. The normalized spacial score (nSPS) is 12.2. The van der Waals surface area contributed by atoms with Crippen LogP contribution in [0.3, 0.4) is 0 Å². The molecule has 0 aliphatic carbocycles. The van der Waals surface area contributed by atoms with Gasteiger partial charge in [0.25, 0.3) is 0 Å². The van der Waals surface area contributed by atoms with Gasteiger partial charge in [0.2, 0.25) is 0 Å². The molecule has 0 aromatic heterocycles. The first-order chi connectivity index (χ1) is 6.24. The van der Waals surface area contributed by atoms with Gasteiger partial charge in [-0.05, 0) is 5.56 Å². The lowest BCUT2D eigenvalue weighted by Crippen LogP contribution is -2.17. The number of hydrogen-bond acceptors (Lipinski definition) is 3. The third kappa shape index (κ3) is 2.87. The minimum Gasteiger partial charge on any atom is -0.456 e. The van der Waals surface area contributed by atoms with Crippen LogP contribution in [0.2, 0.25) is 0 Å². The van der Waals surface area contributed by atoms with Gasteiger partial charge in [-0.15, -0.1) is 0 Å². The van der Waals surface area contributed by atoms with Crippen LogP contribution in [0.1, 0.15) is 18.6 Å². The summed E-state index contributed by atoms with van der Waals surface area (Å²) in [4.78, 5) is 10.7. The van der Waals surface area contributed by atoms with E-state index >= 15 is 0 Å². The molecule has 0 radical (unpaired) electrons. The lowest BCUT2D eigenvalue weighted by atomic mass is 10.1. The number of nitrogens with two attached hydrogens (primary N) is 1. The molecule has 3 nitrogen and oxygen atoms in total. The Morgan fingerprint density at radius 2 is 2.08 bits per heavy atom. The van der Waals surface area contributed by atoms with Crippen LogP contribution in [0.5, 0.6) is 0 Å². The first-order valence-corrected chi connectivity index (χ1v) is 4.16. The second-order valence-corrected chi connectivity index (χ2v) is 2.74. The van der Waals surface area contributed by atoms with E-state index in [1.807, 2.05) is 30.3 Å². The highest BCUT2D eigenvalue weighted by molar-refractivity contribution is 5.66. The first-order valence-electron chi connectivity index (χ1n) is 4.16. The summed E-state index contributed by atoms with van der Waals surface area (Å²) in [5.41, 5.74) is 6.41. The monoisotopic (exact) mass is 179 g/mol. The van der Waals surface area contributed by atoms with Crippen LogP contribution in [0.15, 0.2) is 30.3 Å². The number of esters is 1. The summed E-state index contributed by atoms with van der Waals surface area (Å²) in [7, 11) is 0. The third-order valence-electron chi connectivity index (χ3n) is 1.69. The van der Waals surface area contributed by atoms with Crippen molar-refractivity contribution in [3.63, 3.8) is 0 Å². The summed E-state index contributed by atoms with van der Waals surface area (Å²) in [5.74, 6) is -0.306. The van der Waals surface area contributed by atoms with E-state index in [-0.39, 0.29) is 12.1 Å². The summed E-state index contributed by atoms with van der Waals surface area (Å²) in [6, 6.07) is 9.47. The highest BCUT2D eigenvalue weighted by Crippen LogP contribution is 2.15. The predicted molar refractivity (Wildman–Crippen MR) is 50.0 cm³/mol. The van der Waals surface area contributed by atoms with Crippen molar-refractivity contribution in [1.82, 2.24) is 0 Å². The molecule has 0 fully saturated rings.